The molecule has 2 N–H and O–H groups in total. The van der Waals surface area contributed by atoms with Crippen molar-refractivity contribution >= 4 is 23.2 Å². The third-order valence-corrected chi connectivity index (χ3v) is 3.77. The minimum Gasteiger partial charge on any atom is -0.399 e. The minimum absolute atomic E-state index is 0.103. The summed E-state index contributed by atoms with van der Waals surface area (Å²) in [6.45, 7) is 1.89. The van der Waals surface area contributed by atoms with E-state index in [9.17, 15) is 9.18 Å². The summed E-state index contributed by atoms with van der Waals surface area (Å²) in [6.07, 6.45) is 0. The summed E-state index contributed by atoms with van der Waals surface area (Å²) in [6, 6.07) is 10.9. The third-order valence-electron chi connectivity index (χ3n) is 3.46. The molecule has 1 unspecified atom stereocenters. The van der Waals surface area contributed by atoms with E-state index in [1.54, 1.807) is 18.0 Å². The Bertz CT molecular complexity index is 675. The van der Waals surface area contributed by atoms with E-state index >= 15 is 0 Å². The summed E-state index contributed by atoms with van der Waals surface area (Å²) < 4.78 is 13.1. The quantitative estimate of drug-likeness (QED) is 0.874. The Labute approximate surface area is 128 Å². The lowest BCUT2D eigenvalue weighted by Crippen LogP contribution is -2.30. The molecule has 1 amide bonds. The molecule has 0 aliphatic rings. The zero-order chi connectivity index (χ0) is 15.6. The molecule has 0 aliphatic heterocycles. The predicted octanol–water partition coefficient (Wildman–Crippen LogP) is 3.89. The predicted molar refractivity (Wildman–Crippen MR) is 82.8 cm³/mol. The first-order valence-electron chi connectivity index (χ1n) is 6.48. The first-order valence-corrected chi connectivity index (χ1v) is 6.85. The lowest BCUT2D eigenvalue weighted by Gasteiger charge is -2.26. The van der Waals surface area contributed by atoms with Gasteiger partial charge in [0, 0.05) is 12.7 Å². The highest BCUT2D eigenvalue weighted by Crippen LogP contribution is 2.25. The van der Waals surface area contributed by atoms with E-state index in [1.807, 2.05) is 25.1 Å². The van der Waals surface area contributed by atoms with Crippen LogP contribution in [0.3, 0.4) is 0 Å². The van der Waals surface area contributed by atoms with Gasteiger partial charge in [-0.3, -0.25) is 4.79 Å². The third kappa shape index (κ3) is 3.34. The average Bonchev–Trinajstić information content (AvgIpc) is 2.45. The summed E-state index contributed by atoms with van der Waals surface area (Å²) in [4.78, 5) is 14.0. The Balaban J connectivity index is 2.26. The Kier molecular flexibility index (Phi) is 4.48. The van der Waals surface area contributed by atoms with Gasteiger partial charge in [-0.2, -0.15) is 0 Å². The monoisotopic (exact) mass is 306 g/mol. The van der Waals surface area contributed by atoms with Crippen LogP contribution >= 0.6 is 11.6 Å². The summed E-state index contributed by atoms with van der Waals surface area (Å²) in [7, 11) is 1.68. The van der Waals surface area contributed by atoms with Crippen molar-refractivity contribution in [2.24, 2.45) is 0 Å². The van der Waals surface area contributed by atoms with E-state index in [0.717, 1.165) is 11.6 Å². The van der Waals surface area contributed by atoms with Crippen LogP contribution in [0.1, 0.15) is 28.9 Å². The zero-order valence-corrected chi connectivity index (χ0v) is 12.6. The molecule has 0 saturated heterocycles. The summed E-state index contributed by atoms with van der Waals surface area (Å²) in [5.74, 6) is -0.738. The molecule has 0 aliphatic carbocycles. The van der Waals surface area contributed by atoms with Gasteiger partial charge in [-0.15, -0.1) is 0 Å². The van der Waals surface area contributed by atoms with E-state index in [2.05, 4.69) is 0 Å². The molecular formula is C16H16ClFN2O. The van der Waals surface area contributed by atoms with E-state index in [0.29, 0.717) is 5.69 Å². The summed E-state index contributed by atoms with van der Waals surface area (Å²) in [5, 5.41) is 0.103. The number of nitrogen functional groups attached to an aromatic ring is 1. The van der Waals surface area contributed by atoms with Crippen molar-refractivity contribution in [1.82, 2.24) is 4.90 Å². The fourth-order valence-corrected chi connectivity index (χ4v) is 2.32. The van der Waals surface area contributed by atoms with Gasteiger partial charge in [0.15, 0.2) is 0 Å². The molecule has 2 rings (SSSR count). The van der Waals surface area contributed by atoms with Gasteiger partial charge in [0.05, 0.1) is 16.6 Å². The molecule has 1 atom stereocenters. The summed E-state index contributed by atoms with van der Waals surface area (Å²) in [5.41, 5.74) is 7.59. The Morgan fingerprint density at radius 1 is 1.29 bits per heavy atom. The number of hydrogen-bond donors (Lipinski definition) is 1. The van der Waals surface area contributed by atoms with Crippen LogP contribution in [0.15, 0.2) is 42.5 Å². The van der Waals surface area contributed by atoms with Crippen LogP contribution in [0.2, 0.25) is 5.02 Å². The van der Waals surface area contributed by atoms with E-state index in [1.165, 1.54) is 12.1 Å². The molecule has 0 heterocycles. The Morgan fingerprint density at radius 3 is 2.62 bits per heavy atom. The van der Waals surface area contributed by atoms with Crippen LogP contribution in [0, 0.1) is 5.82 Å². The van der Waals surface area contributed by atoms with Crippen LogP contribution < -0.4 is 5.73 Å². The molecule has 0 radical (unpaired) electrons. The largest absolute Gasteiger partial charge is 0.399 e. The number of nitrogens with two attached hydrogens (primary N) is 1. The maximum Gasteiger partial charge on any atom is 0.255 e. The number of nitrogens with zero attached hydrogens (tertiary/aromatic N) is 1. The number of rotatable bonds is 3. The average molecular weight is 307 g/mol. The van der Waals surface area contributed by atoms with Crippen LogP contribution in [0.5, 0.6) is 0 Å². The zero-order valence-electron chi connectivity index (χ0n) is 11.8. The van der Waals surface area contributed by atoms with Gasteiger partial charge in [0.1, 0.15) is 5.82 Å². The lowest BCUT2D eigenvalue weighted by atomic mass is 10.1. The molecule has 5 heteroatoms. The number of anilines is 1. The Hall–Kier alpha value is -2.07. The molecule has 0 fully saturated rings. The number of hydrogen-bond acceptors (Lipinski definition) is 2. The Morgan fingerprint density at radius 2 is 2.00 bits per heavy atom. The molecule has 0 bridgehead atoms. The second-order valence-corrected chi connectivity index (χ2v) is 5.29. The highest BCUT2D eigenvalue weighted by Gasteiger charge is 2.21. The topological polar surface area (TPSA) is 46.3 Å². The number of carbonyl (C=O) groups is 1. The molecule has 3 nitrogen and oxygen atoms in total. The molecular weight excluding hydrogens is 291 g/mol. The number of benzene rings is 2. The SMILES string of the molecule is CC(c1cccc(N)c1)N(C)C(=O)c1ccc(F)cc1Cl. The lowest BCUT2D eigenvalue weighted by molar-refractivity contribution is 0.0743. The van der Waals surface area contributed by atoms with Gasteiger partial charge in [-0.25, -0.2) is 4.39 Å². The van der Waals surface area contributed by atoms with Gasteiger partial charge in [0.25, 0.3) is 5.91 Å². The fourth-order valence-electron chi connectivity index (χ4n) is 2.07. The van der Waals surface area contributed by atoms with Crippen LogP contribution in [0.25, 0.3) is 0 Å². The van der Waals surface area contributed by atoms with Crippen LogP contribution in [-0.2, 0) is 0 Å². The van der Waals surface area contributed by atoms with E-state index in [-0.39, 0.29) is 22.5 Å². The van der Waals surface area contributed by atoms with Crippen molar-refractivity contribution in [3.8, 4) is 0 Å². The molecule has 0 aromatic heterocycles. The van der Waals surface area contributed by atoms with Crippen molar-refractivity contribution < 1.29 is 9.18 Å². The van der Waals surface area contributed by atoms with Crippen molar-refractivity contribution in [2.75, 3.05) is 12.8 Å². The van der Waals surface area contributed by atoms with Crippen LogP contribution in [0.4, 0.5) is 10.1 Å². The number of carbonyl (C=O) groups excluding carboxylic acids is 1. The van der Waals surface area contributed by atoms with Gasteiger partial charge >= 0.3 is 0 Å². The number of halogens is 2. The van der Waals surface area contributed by atoms with Crippen LogP contribution in [-0.4, -0.2) is 17.9 Å². The van der Waals surface area contributed by atoms with Crippen molar-refractivity contribution in [2.45, 2.75) is 13.0 Å². The van der Waals surface area contributed by atoms with Crippen molar-refractivity contribution in [3.05, 3.63) is 64.4 Å². The maximum absolute atomic E-state index is 13.1. The first kappa shape index (κ1) is 15.3. The summed E-state index contributed by atoms with van der Waals surface area (Å²) >= 11 is 5.94. The fraction of sp³-hybridized carbons (Fsp3) is 0.188. The van der Waals surface area contributed by atoms with Crippen molar-refractivity contribution in [1.29, 1.82) is 0 Å². The highest BCUT2D eigenvalue weighted by molar-refractivity contribution is 6.33. The molecule has 0 spiro atoms. The van der Waals surface area contributed by atoms with Gasteiger partial charge in [0.2, 0.25) is 0 Å². The van der Waals surface area contributed by atoms with Crippen molar-refractivity contribution in [3.63, 3.8) is 0 Å². The van der Waals surface area contributed by atoms with E-state index in [4.69, 9.17) is 17.3 Å². The number of amides is 1. The molecule has 2 aromatic rings. The first-order chi connectivity index (χ1) is 9.90. The molecule has 21 heavy (non-hydrogen) atoms. The van der Waals surface area contributed by atoms with Gasteiger partial charge < -0.3 is 10.6 Å². The second kappa shape index (κ2) is 6.14. The maximum atomic E-state index is 13.1. The minimum atomic E-state index is -0.469. The highest BCUT2D eigenvalue weighted by atomic mass is 35.5. The normalized spacial score (nSPS) is 12.0. The second-order valence-electron chi connectivity index (χ2n) is 4.89. The van der Waals surface area contributed by atoms with Gasteiger partial charge in [-0.05, 0) is 42.8 Å². The van der Waals surface area contributed by atoms with Gasteiger partial charge in [-0.1, -0.05) is 23.7 Å². The smallest absolute Gasteiger partial charge is 0.255 e. The standard InChI is InChI=1S/C16H16ClFN2O/c1-10(11-4-3-5-13(19)8-11)20(2)16(21)14-7-6-12(18)9-15(14)17/h3-10H,19H2,1-2H3. The molecule has 110 valence electrons. The molecule has 2 aromatic carbocycles. The molecule has 0 saturated carbocycles. The van der Waals surface area contributed by atoms with E-state index < -0.39 is 5.82 Å².